The van der Waals surface area contributed by atoms with Crippen molar-refractivity contribution in [3.63, 3.8) is 0 Å². The van der Waals surface area contributed by atoms with Crippen LogP contribution in [0.15, 0.2) is 18.2 Å². The topological polar surface area (TPSA) is 76.7 Å². The van der Waals surface area contributed by atoms with Crippen molar-refractivity contribution in [3.8, 4) is 11.5 Å². The summed E-state index contributed by atoms with van der Waals surface area (Å²) in [5, 5.41) is 3.30. The average Bonchev–Trinajstić information content (AvgIpc) is 3.28. The van der Waals surface area contributed by atoms with Gasteiger partial charge in [-0.25, -0.2) is 8.42 Å². The van der Waals surface area contributed by atoms with E-state index in [1.165, 1.54) is 20.0 Å². The third-order valence-electron chi connectivity index (χ3n) is 3.27. The van der Waals surface area contributed by atoms with E-state index in [0.29, 0.717) is 29.6 Å². The maximum Gasteiger partial charge on any atom is 0.232 e. The maximum atomic E-state index is 12.1. The molecule has 0 radical (unpaired) electrons. The Bertz CT molecular complexity index is 570. The summed E-state index contributed by atoms with van der Waals surface area (Å²) in [5.41, 5.74) is 0.424. The van der Waals surface area contributed by atoms with Gasteiger partial charge in [0.2, 0.25) is 10.0 Å². The first-order valence-corrected chi connectivity index (χ1v) is 8.65. The van der Waals surface area contributed by atoms with Crippen molar-refractivity contribution in [2.45, 2.75) is 25.3 Å². The van der Waals surface area contributed by atoms with Gasteiger partial charge in [-0.3, -0.25) is 4.72 Å². The van der Waals surface area contributed by atoms with E-state index in [1.54, 1.807) is 25.3 Å². The summed E-state index contributed by atoms with van der Waals surface area (Å²) in [7, 11) is -0.336. The normalized spacial score (nSPS) is 14.8. The third-order valence-corrected chi connectivity index (χ3v) is 4.63. The van der Waals surface area contributed by atoms with Crippen LogP contribution in [-0.2, 0) is 10.0 Å². The molecule has 0 aliphatic heterocycles. The number of nitrogens with one attached hydrogen (secondary N) is 2. The third kappa shape index (κ3) is 5.09. The minimum Gasteiger partial charge on any atom is -0.497 e. The lowest BCUT2D eigenvalue weighted by molar-refractivity contribution is 0.395. The number of ether oxygens (including phenoxy) is 2. The van der Waals surface area contributed by atoms with E-state index in [-0.39, 0.29) is 5.75 Å². The Kier molecular flexibility index (Phi) is 5.30. The lowest BCUT2D eigenvalue weighted by Gasteiger charge is -2.13. The van der Waals surface area contributed by atoms with E-state index in [0.717, 1.165) is 6.54 Å². The minimum atomic E-state index is -3.38. The van der Waals surface area contributed by atoms with Gasteiger partial charge >= 0.3 is 0 Å². The van der Waals surface area contributed by atoms with Crippen LogP contribution in [-0.4, -0.2) is 41.0 Å². The summed E-state index contributed by atoms with van der Waals surface area (Å²) < 4.78 is 36.9. The van der Waals surface area contributed by atoms with Crippen molar-refractivity contribution in [1.82, 2.24) is 5.32 Å². The molecule has 7 heteroatoms. The Hall–Kier alpha value is -1.47. The fraction of sp³-hybridized carbons (Fsp3) is 0.571. The Morgan fingerprint density at radius 2 is 2.00 bits per heavy atom. The molecule has 0 aromatic heterocycles. The minimum absolute atomic E-state index is 0.0852. The molecule has 0 spiro atoms. The number of rotatable bonds is 9. The largest absolute Gasteiger partial charge is 0.497 e. The van der Waals surface area contributed by atoms with Crippen LogP contribution >= 0.6 is 0 Å². The molecule has 1 fully saturated rings. The monoisotopic (exact) mass is 314 g/mol. The maximum absolute atomic E-state index is 12.1. The predicted molar refractivity (Wildman–Crippen MR) is 82.6 cm³/mol. The first kappa shape index (κ1) is 15.9. The predicted octanol–water partition coefficient (Wildman–Crippen LogP) is 1.59. The van der Waals surface area contributed by atoms with E-state index in [1.807, 2.05) is 0 Å². The fourth-order valence-electron chi connectivity index (χ4n) is 1.96. The Morgan fingerprint density at radius 3 is 2.62 bits per heavy atom. The highest BCUT2D eigenvalue weighted by Gasteiger charge is 2.20. The SMILES string of the molecule is COc1ccc(NS(=O)(=O)CCCNC2CC2)c(OC)c1. The fourth-order valence-corrected chi connectivity index (χ4v) is 3.09. The number of anilines is 1. The molecule has 1 saturated carbocycles. The van der Waals surface area contributed by atoms with Crippen molar-refractivity contribution in [3.05, 3.63) is 18.2 Å². The van der Waals surface area contributed by atoms with Crippen molar-refractivity contribution in [2.24, 2.45) is 0 Å². The number of sulfonamides is 1. The summed E-state index contributed by atoms with van der Waals surface area (Å²) in [6.45, 7) is 0.728. The van der Waals surface area contributed by atoms with Crippen LogP contribution in [0, 0.1) is 0 Å². The zero-order valence-electron chi connectivity index (χ0n) is 12.4. The van der Waals surface area contributed by atoms with Gasteiger partial charge in [0.25, 0.3) is 0 Å². The molecule has 1 aromatic carbocycles. The van der Waals surface area contributed by atoms with Crippen LogP contribution in [0.2, 0.25) is 0 Å². The van der Waals surface area contributed by atoms with E-state index >= 15 is 0 Å². The number of hydrogen-bond acceptors (Lipinski definition) is 5. The first-order valence-electron chi connectivity index (χ1n) is 7.00. The molecule has 0 bridgehead atoms. The molecule has 0 amide bonds. The van der Waals surface area contributed by atoms with Gasteiger partial charge < -0.3 is 14.8 Å². The van der Waals surface area contributed by atoms with Gasteiger partial charge in [-0.05, 0) is 37.9 Å². The highest BCUT2D eigenvalue weighted by molar-refractivity contribution is 7.92. The quantitative estimate of drug-likeness (QED) is 0.677. The van der Waals surface area contributed by atoms with Crippen LogP contribution in [0.5, 0.6) is 11.5 Å². The lowest BCUT2D eigenvalue weighted by Crippen LogP contribution is -2.23. The average molecular weight is 314 g/mol. The van der Waals surface area contributed by atoms with Crippen LogP contribution in [0.25, 0.3) is 0 Å². The highest BCUT2D eigenvalue weighted by atomic mass is 32.2. The Morgan fingerprint density at radius 1 is 1.24 bits per heavy atom. The van der Waals surface area contributed by atoms with Gasteiger partial charge in [-0.15, -0.1) is 0 Å². The summed E-state index contributed by atoms with van der Waals surface area (Å²) in [6.07, 6.45) is 2.99. The number of hydrogen-bond donors (Lipinski definition) is 2. The smallest absolute Gasteiger partial charge is 0.232 e. The summed E-state index contributed by atoms with van der Waals surface area (Å²) in [5.74, 6) is 1.14. The highest BCUT2D eigenvalue weighted by Crippen LogP contribution is 2.29. The van der Waals surface area contributed by atoms with Gasteiger partial charge in [0.15, 0.2) is 0 Å². The van der Waals surface area contributed by atoms with E-state index < -0.39 is 10.0 Å². The second-order valence-corrected chi connectivity index (χ2v) is 6.91. The Balaban J connectivity index is 1.91. The molecule has 1 aliphatic carbocycles. The molecule has 0 saturated heterocycles. The summed E-state index contributed by atoms with van der Waals surface area (Å²) in [4.78, 5) is 0. The van der Waals surface area contributed by atoms with Gasteiger partial charge in [0.1, 0.15) is 11.5 Å². The zero-order chi connectivity index (χ0) is 15.3. The first-order chi connectivity index (χ1) is 10.0. The molecule has 118 valence electrons. The lowest BCUT2D eigenvalue weighted by atomic mass is 10.3. The molecular weight excluding hydrogens is 292 g/mol. The van der Waals surface area contributed by atoms with Crippen LogP contribution in [0.4, 0.5) is 5.69 Å². The van der Waals surface area contributed by atoms with Gasteiger partial charge in [0, 0.05) is 12.1 Å². The van der Waals surface area contributed by atoms with E-state index in [9.17, 15) is 8.42 Å². The molecule has 1 aliphatic rings. The molecule has 0 unspecified atom stereocenters. The van der Waals surface area contributed by atoms with Crippen molar-refractivity contribution in [1.29, 1.82) is 0 Å². The molecule has 1 aromatic rings. The van der Waals surface area contributed by atoms with Crippen LogP contribution < -0.4 is 19.5 Å². The summed E-state index contributed by atoms with van der Waals surface area (Å²) in [6, 6.07) is 5.57. The summed E-state index contributed by atoms with van der Waals surface area (Å²) >= 11 is 0. The van der Waals surface area contributed by atoms with E-state index in [4.69, 9.17) is 9.47 Å². The van der Waals surface area contributed by atoms with Gasteiger partial charge in [-0.2, -0.15) is 0 Å². The van der Waals surface area contributed by atoms with Crippen molar-refractivity contribution < 1.29 is 17.9 Å². The van der Waals surface area contributed by atoms with Crippen LogP contribution in [0.3, 0.4) is 0 Å². The van der Waals surface area contributed by atoms with Crippen LogP contribution in [0.1, 0.15) is 19.3 Å². The molecular formula is C14H22N2O4S. The molecule has 6 nitrogen and oxygen atoms in total. The van der Waals surface area contributed by atoms with Crippen molar-refractivity contribution >= 4 is 15.7 Å². The Labute approximate surface area is 125 Å². The molecule has 21 heavy (non-hydrogen) atoms. The van der Waals surface area contributed by atoms with Gasteiger partial charge in [-0.1, -0.05) is 0 Å². The van der Waals surface area contributed by atoms with Gasteiger partial charge in [0.05, 0.1) is 25.7 Å². The zero-order valence-corrected chi connectivity index (χ0v) is 13.2. The number of methoxy groups -OCH3 is 2. The number of benzene rings is 1. The second kappa shape index (κ2) is 7.00. The van der Waals surface area contributed by atoms with Crippen molar-refractivity contribution in [2.75, 3.05) is 31.2 Å². The molecule has 2 rings (SSSR count). The van der Waals surface area contributed by atoms with E-state index in [2.05, 4.69) is 10.0 Å². The molecule has 2 N–H and O–H groups in total. The molecule has 0 atom stereocenters. The standard InChI is InChI=1S/C14H22N2O4S/c1-19-12-6-7-13(14(10-12)20-2)16-21(17,18)9-3-8-15-11-4-5-11/h6-7,10-11,15-16H,3-5,8-9H2,1-2H3. The molecule has 0 heterocycles. The second-order valence-electron chi connectivity index (χ2n) is 5.07.